The van der Waals surface area contributed by atoms with Crippen molar-refractivity contribution in [3.05, 3.63) is 28.8 Å². The molecule has 1 aliphatic rings. The number of benzene rings is 1. The van der Waals surface area contributed by atoms with Crippen LogP contribution in [-0.4, -0.2) is 23.8 Å². The third-order valence-corrected chi connectivity index (χ3v) is 3.03. The van der Waals surface area contributed by atoms with E-state index in [-0.39, 0.29) is 5.75 Å². The van der Waals surface area contributed by atoms with Crippen LogP contribution in [-0.2, 0) is 12.8 Å². The topological polar surface area (TPSA) is 52.5 Å². The molecule has 0 radical (unpaired) electrons. The third kappa shape index (κ3) is 1.85. The van der Waals surface area contributed by atoms with Crippen molar-refractivity contribution in [2.24, 2.45) is 0 Å². The molecule has 3 heteroatoms. The minimum Gasteiger partial charge on any atom is -0.508 e. The number of hydrogen-bond acceptors (Lipinski definition) is 3. The molecule has 0 spiro atoms. The first-order valence-electron chi connectivity index (χ1n) is 5.40. The number of aromatic hydroxyl groups is 1. The van der Waals surface area contributed by atoms with Gasteiger partial charge in [-0.25, -0.2) is 0 Å². The zero-order valence-corrected chi connectivity index (χ0v) is 8.95. The number of fused-ring (bicyclic) bond motifs is 1. The van der Waals surface area contributed by atoms with Crippen LogP contribution < -0.4 is 5.32 Å². The Bertz CT molecular complexity index is 363. The molecular weight excluding hydrogens is 190 g/mol. The number of phenolic OH excluding ortho intramolecular Hbond substituents is 1. The number of aliphatic hydroxyl groups excluding tert-OH is 1. The Labute approximate surface area is 89.8 Å². The first-order chi connectivity index (χ1) is 7.24. The maximum absolute atomic E-state index is 9.94. The van der Waals surface area contributed by atoms with Gasteiger partial charge in [-0.1, -0.05) is 6.07 Å². The molecule has 0 bridgehead atoms. The summed E-state index contributed by atoms with van der Waals surface area (Å²) in [7, 11) is 1.80. The van der Waals surface area contributed by atoms with E-state index in [0.717, 1.165) is 30.4 Å². The normalized spacial score (nSPS) is 16.4. The van der Waals surface area contributed by atoms with Gasteiger partial charge in [0.15, 0.2) is 0 Å². The summed E-state index contributed by atoms with van der Waals surface area (Å²) in [5, 5.41) is 22.7. The van der Waals surface area contributed by atoms with Gasteiger partial charge in [0.2, 0.25) is 0 Å². The first kappa shape index (κ1) is 10.5. The van der Waals surface area contributed by atoms with Gasteiger partial charge in [-0.05, 0) is 43.5 Å². The van der Waals surface area contributed by atoms with Gasteiger partial charge in [-0.15, -0.1) is 0 Å². The van der Waals surface area contributed by atoms with E-state index < -0.39 is 6.10 Å². The van der Waals surface area contributed by atoms with Crippen molar-refractivity contribution in [3.8, 4) is 5.75 Å². The molecule has 1 aliphatic carbocycles. The lowest BCUT2D eigenvalue weighted by Crippen LogP contribution is -2.18. The zero-order valence-electron chi connectivity index (χ0n) is 8.95. The Morgan fingerprint density at radius 2 is 2.20 bits per heavy atom. The number of rotatable bonds is 3. The van der Waals surface area contributed by atoms with Crippen molar-refractivity contribution >= 4 is 0 Å². The SMILES string of the molecule is CNCC(O)c1c(O)ccc2c1CCC2. The van der Waals surface area contributed by atoms with Gasteiger partial charge in [0, 0.05) is 12.1 Å². The fourth-order valence-corrected chi connectivity index (χ4v) is 2.35. The minimum absolute atomic E-state index is 0.221. The van der Waals surface area contributed by atoms with E-state index in [1.54, 1.807) is 13.1 Å². The maximum atomic E-state index is 9.94. The van der Waals surface area contributed by atoms with E-state index in [4.69, 9.17) is 0 Å². The van der Waals surface area contributed by atoms with E-state index in [0.29, 0.717) is 6.54 Å². The first-order valence-corrected chi connectivity index (χ1v) is 5.40. The van der Waals surface area contributed by atoms with Gasteiger partial charge >= 0.3 is 0 Å². The van der Waals surface area contributed by atoms with E-state index in [1.165, 1.54) is 5.56 Å². The monoisotopic (exact) mass is 207 g/mol. The highest BCUT2D eigenvalue weighted by atomic mass is 16.3. The van der Waals surface area contributed by atoms with Gasteiger partial charge in [0.1, 0.15) is 5.75 Å². The van der Waals surface area contributed by atoms with Gasteiger partial charge in [-0.2, -0.15) is 0 Å². The van der Waals surface area contributed by atoms with E-state index in [2.05, 4.69) is 5.32 Å². The van der Waals surface area contributed by atoms with Crippen molar-refractivity contribution in [1.82, 2.24) is 5.32 Å². The lowest BCUT2D eigenvalue weighted by atomic mass is 9.98. The largest absolute Gasteiger partial charge is 0.508 e. The Hall–Kier alpha value is -1.06. The Balaban J connectivity index is 2.40. The van der Waals surface area contributed by atoms with Crippen molar-refractivity contribution in [2.75, 3.05) is 13.6 Å². The second-order valence-electron chi connectivity index (χ2n) is 4.06. The second kappa shape index (κ2) is 4.21. The Morgan fingerprint density at radius 1 is 1.40 bits per heavy atom. The number of phenols is 1. The lowest BCUT2D eigenvalue weighted by molar-refractivity contribution is 0.173. The van der Waals surface area contributed by atoms with E-state index in [9.17, 15) is 10.2 Å². The van der Waals surface area contributed by atoms with Crippen molar-refractivity contribution in [2.45, 2.75) is 25.4 Å². The maximum Gasteiger partial charge on any atom is 0.121 e. The van der Waals surface area contributed by atoms with Crippen molar-refractivity contribution in [3.63, 3.8) is 0 Å². The van der Waals surface area contributed by atoms with Gasteiger partial charge in [0.25, 0.3) is 0 Å². The van der Waals surface area contributed by atoms with Crippen LogP contribution >= 0.6 is 0 Å². The fourth-order valence-electron chi connectivity index (χ4n) is 2.35. The molecule has 15 heavy (non-hydrogen) atoms. The molecule has 0 saturated carbocycles. The van der Waals surface area contributed by atoms with Gasteiger partial charge in [0.05, 0.1) is 6.10 Å². The highest BCUT2D eigenvalue weighted by molar-refractivity contribution is 5.47. The average molecular weight is 207 g/mol. The molecule has 0 amide bonds. The molecule has 0 aromatic heterocycles. The summed E-state index contributed by atoms with van der Waals surface area (Å²) in [6.45, 7) is 0.476. The quantitative estimate of drug-likeness (QED) is 0.696. The molecule has 3 N–H and O–H groups in total. The highest BCUT2D eigenvalue weighted by Crippen LogP contribution is 2.35. The van der Waals surface area contributed by atoms with E-state index >= 15 is 0 Å². The summed E-state index contributed by atoms with van der Waals surface area (Å²) in [4.78, 5) is 0. The summed E-state index contributed by atoms with van der Waals surface area (Å²) in [5.41, 5.74) is 3.15. The predicted molar refractivity (Wildman–Crippen MR) is 59.0 cm³/mol. The Morgan fingerprint density at radius 3 is 2.93 bits per heavy atom. The van der Waals surface area contributed by atoms with Crippen LogP contribution in [0.1, 0.15) is 29.2 Å². The number of aliphatic hydroxyl groups is 1. The predicted octanol–water partition coefficient (Wildman–Crippen LogP) is 1.13. The molecule has 1 atom stereocenters. The molecule has 1 aromatic carbocycles. The lowest BCUT2D eigenvalue weighted by Gasteiger charge is -2.16. The molecule has 0 aliphatic heterocycles. The smallest absolute Gasteiger partial charge is 0.121 e. The van der Waals surface area contributed by atoms with E-state index in [1.807, 2.05) is 6.07 Å². The van der Waals surface area contributed by atoms with Crippen LogP contribution in [0.2, 0.25) is 0 Å². The number of nitrogens with one attached hydrogen (secondary N) is 1. The number of likely N-dealkylation sites (N-methyl/N-ethyl adjacent to an activating group) is 1. The van der Waals surface area contributed by atoms with Crippen molar-refractivity contribution < 1.29 is 10.2 Å². The fraction of sp³-hybridized carbons (Fsp3) is 0.500. The second-order valence-corrected chi connectivity index (χ2v) is 4.06. The third-order valence-electron chi connectivity index (χ3n) is 3.03. The molecule has 0 fully saturated rings. The molecule has 2 rings (SSSR count). The van der Waals surface area contributed by atoms with Crippen LogP contribution in [0, 0.1) is 0 Å². The minimum atomic E-state index is -0.608. The molecule has 3 nitrogen and oxygen atoms in total. The summed E-state index contributed by atoms with van der Waals surface area (Å²) in [6.07, 6.45) is 2.55. The van der Waals surface area contributed by atoms with Gasteiger partial charge < -0.3 is 15.5 Å². The highest BCUT2D eigenvalue weighted by Gasteiger charge is 2.22. The van der Waals surface area contributed by atoms with Crippen LogP contribution in [0.15, 0.2) is 12.1 Å². The molecular formula is C12H17NO2. The molecule has 82 valence electrons. The summed E-state index contributed by atoms with van der Waals surface area (Å²) >= 11 is 0. The standard InChI is InChI=1S/C12H17NO2/c1-13-7-11(15)12-9-4-2-3-8(9)5-6-10(12)14/h5-6,11,13-15H,2-4,7H2,1H3. The van der Waals surface area contributed by atoms with Crippen LogP contribution in [0.3, 0.4) is 0 Å². The molecule has 1 unspecified atom stereocenters. The van der Waals surface area contributed by atoms with Crippen LogP contribution in [0.4, 0.5) is 0 Å². The van der Waals surface area contributed by atoms with Gasteiger partial charge in [-0.3, -0.25) is 0 Å². The average Bonchev–Trinajstić information content (AvgIpc) is 2.65. The van der Waals surface area contributed by atoms with Crippen LogP contribution in [0.25, 0.3) is 0 Å². The van der Waals surface area contributed by atoms with Crippen LogP contribution in [0.5, 0.6) is 5.75 Å². The van der Waals surface area contributed by atoms with Crippen molar-refractivity contribution in [1.29, 1.82) is 0 Å². The zero-order chi connectivity index (χ0) is 10.8. The number of aryl methyl sites for hydroxylation is 1. The molecule has 0 heterocycles. The summed E-state index contributed by atoms with van der Waals surface area (Å²) in [6, 6.07) is 3.66. The summed E-state index contributed by atoms with van der Waals surface area (Å²) < 4.78 is 0. The molecule has 1 aromatic rings. The number of hydrogen-bond donors (Lipinski definition) is 3. The Kier molecular flexibility index (Phi) is 2.93. The molecule has 0 saturated heterocycles. The summed E-state index contributed by atoms with van der Waals surface area (Å²) in [5.74, 6) is 0.221.